The molecule has 0 saturated carbocycles. The number of anilines is 1. The van der Waals surface area contributed by atoms with Crippen molar-refractivity contribution in [1.82, 2.24) is 24.9 Å². The number of nitrogens with zero attached hydrogens (tertiary/aromatic N) is 6. The SMILES string of the molecule is CCCCN1CCCCC1CNC(=NC)N1CCN(c2cnn(C)c2)C(=O)C1.I. The van der Waals surface area contributed by atoms with E-state index < -0.39 is 0 Å². The van der Waals surface area contributed by atoms with Crippen LogP contribution in [-0.4, -0.2) is 83.8 Å². The highest BCUT2D eigenvalue weighted by Crippen LogP contribution is 2.18. The number of aliphatic imine (C=N–C) groups is 1. The number of unbranched alkanes of at least 4 members (excludes halogenated alkanes) is 1. The van der Waals surface area contributed by atoms with E-state index in [9.17, 15) is 4.79 Å². The van der Waals surface area contributed by atoms with Gasteiger partial charge >= 0.3 is 0 Å². The van der Waals surface area contributed by atoms with Crippen LogP contribution in [0.3, 0.4) is 0 Å². The summed E-state index contributed by atoms with van der Waals surface area (Å²) in [4.78, 5) is 23.6. The molecular weight excluding hydrogens is 481 g/mol. The van der Waals surface area contributed by atoms with Gasteiger partial charge in [-0.2, -0.15) is 5.10 Å². The largest absolute Gasteiger partial charge is 0.355 e. The van der Waals surface area contributed by atoms with E-state index in [2.05, 4.69) is 32.1 Å². The average molecular weight is 517 g/mol. The zero-order valence-corrected chi connectivity index (χ0v) is 20.3. The van der Waals surface area contributed by atoms with Crippen molar-refractivity contribution in [2.75, 3.05) is 51.2 Å². The summed E-state index contributed by atoms with van der Waals surface area (Å²) in [7, 11) is 3.67. The van der Waals surface area contributed by atoms with Gasteiger partial charge in [0.05, 0.1) is 11.9 Å². The Morgan fingerprint density at radius 2 is 2.14 bits per heavy atom. The van der Waals surface area contributed by atoms with Crippen LogP contribution in [-0.2, 0) is 11.8 Å². The predicted molar refractivity (Wildman–Crippen MR) is 128 cm³/mol. The van der Waals surface area contributed by atoms with Crippen LogP contribution in [0, 0.1) is 0 Å². The van der Waals surface area contributed by atoms with Gasteiger partial charge in [-0.15, -0.1) is 24.0 Å². The Hall–Kier alpha value is -1.36. The van der Waals surface area contributed by atoms with Crippen molar-refractivity contribution >= 4 is 41.5 Å². The lowest BCUT2D eigenvalue weighted by atomic mass is 10.0. The second-order valence-corrected chi connectivity index (χ2v) is 7.81. The molecule has 0 aromatic carbocycles. The van der Waals surface area contributed by atoms with Crippen LogP contribution in [0.15, 0.2) is 17.4 Å². The Labute approximate surface area is 191 Å². The summed E-state index contributed by atoms with van der Waals surface area (Å²) in [5.74, 6) is 0.921. The molecule has 1 unspecified atom stereocenters. The number of piperidine rings is 1. The number of aryl methyl sites for hydroxylation is 1. The van der Waals surface area contributed by atoms with Crippen LogP contribution < -0.4 is 10.2 Å². The van der Waals surface area contributed by atoms with Gasteiger partial charge in [0.15, 0.2) is 5.96 Å². The van der Waals surface area contributed by atoms with Crippen LogP contribution in [0.5, 0.6) is 0 Å². The van der Waals surface area contributed by atoms with Crippen molar-refractivity contribution in [1.29, 1.82) is 0 Å². The lowest BCUT2D eigenvalue weighted by Crippen LogP contribution is -2.57. The van der Waals surface area contributed by atoms with Gasteiger partial charge in [0.25, 0.3) is 0 Å². The zero-order chi connectivity index (χ0) is 19.9. The maximum atomic E-state index is 12.7. The number of halogens is 1. The lowest BCUT2D eigenvalue weighted by molar-refractivity contribution is -0.120. The van der Waals surface area contributed by atoms with Gasteiger partial charge in [-0.05, 0) is 32.4 Å². The first-order valence-electron chi connectivity index (χ1n) is 10.6. The van der Waals surface area contributed by atoms with Crippen molar-refractivity contribution < 1.29 is 4.79 Å². The van der Waals surface area contributed by atoms with Gasteiger partial charge in [0.1, 0.15) is 6.54 Å². The van der Waals surface area contributed by atoms with E-state index in [1.54, 1.807) is 17.9 Å². The quantitative estimate of drug-likeness (QED) is 0.355. The molecule has 0 spiro atoms. The van der Waals surface area contributed by atoms with Gasteiger partial charge in [0, 0.05) is 46.0 Å². The van der Waals surface area contributed by atoms with E-state index in [0.717, 1.165) is 24.7 Å². The number of rotatable bonds is 6. The number of piperazine rings is 1. The first kappa shape index (κ1) is 23.9. The normalized spacial score (nSPS) is 21.3. The van der Waals surface area contributed by atoms with E-state index in [1.807, 2.05) is 18.1 Å². The number of carbonyl (C=O) groups is 1. The first-order valence-corrected chi connectivity index (χ1v) is 10.6. The molecule has 2 fully saturated rings. The summed E-state index contributed by atoms with van der Waals surface area (Å²) in [6.07, 6.45) is 9.97. The van der Waals surface area contributed by atoms with Crippen LogP contribution in [0.4, 0.5) is 5.69 Å². The average Bonchev–Trinajstić information content (AvgIpc) is 3.13. The van der Waals surface area contributed by atoms with Gasteiger partial charge in [-0.25, -0.2) is 0 Å². The zero-order valence-electron chi connectivity index (χ0n) is 18.0. The van der Waals surface area contributed by atoms with Gasteiger partial charge in [-0.1, -0.05) is 19.8 Å². The van der Waals surface area contributed by atoms with Crippen molar-refractivity contribution in [2.24, 2.45) is 12.0 Å². The fourth-order valence-corrected chi connectivity index (χ4v) is 4.16. The Balaban J connectivity index is 0.00000300. The summed E-state index contributed by atoms with van der Waals surface area (Å²) >= 11 is 0. The number of likely N-dealkylation sites (tertiary alicyclic amines) is 1. The predicted octanol–water partition coefficient (Wildman–Crippen LogP) is 1.92. The monoisotopic (exact) mass is 517 g/mol. The molecule has 2 aliphatic rings. The van der Waals surface area contributed by atoms with Gasteiger partial charge in [-0.3, -0.25) is 19.4 Å². The number of hydrogen-bond donors (Lipinski definition) is 1. The Kier molecular flexibility index (Phi) is 9.67. The smallest absolute Gasteiger partial charge is 0.246 e. The standard InChI is InChI=1S/C20H35N7O.HI/c1-4-5-9-25-10-7-6-8-17(25)13-22-20(21-2)26-11-12-27(19(28)16-26)18-14-23-24(3)15-18;/h14-15,17H,4-13,16H2,1-3H3,(H,21,22);1H. The molecule has 1 aromatic heterocycles. The van der Waals surface area contributed by atoms with Crippen molar-refractivity contribution in [3.05, 3.63) is 12.4 Å². The van der Waals surface area contributed by atoms with Crippen molar-refractivity contribution in [3.63, 3.8) is 0 Å². The number of guanidine groups is 1. The summed E-state index contributed by atoms with van der Waals surface area (Å²) in [6.45, 7) is 7.30. The third kappa shape index (κ3) is 6.31. The Morgan fingerprint density at radius 1 is 1.31 bits per heavy atom. The minimum atomic E-state index is 0. The molecule has 1 atom stereocenters. The van der Waals surface area contributed by atoms with Crippen LogP contribution in [0.25, 0.3) is 0 Å². The third-order valence-electron chi connectivity index (χ3n) is 5.78. The van der Waals surface area contributed by atoms with E-state index in [0.29, 0.717) is 19.1 Å². The fraction of sp³-hybridized carbons (Fsp3) is 0.750. The molecule has 3 rings (SSSR count). The first-order chi connectivity index (χ1) is 13.6. The molecule has 164 valence electrons. The fourth-order valence-electron chi connectivity index (χ4n) is 4.16. The van der Waals surface area contributed by atoms with Crippen LogP contribution >= 0.6 is 24.0 Å². The minimum absolute atomic E-state index is 0. The molecule has 8 nitrogen and oxygen atoms in total. The second-order valence-electron chi connectivity index (χ2n) is 7.81. The summed E-state index contributed by atoms with van der Waals surface area (Å²) in [6, 6.07) is 0.560. The molecular formula is C20H36IN7O. The molecule has 29 heavy (non-hydrogen) atoms. The van der Waals surface area contributed by atoms with Gasteiger partial charge in [0.2, 0.25) is 5.91 Å². The molecule has 1 N–H and O–H groups in total. The Morgan fingerprint density at radius 3 is 2.79 bits per heavy atom. The second kappa shape index (κ2) is 11.7. The van der Waals surface area contributed by atoms with Crippen LogP contribution in [0.2, 0.25) is 0 Å². The van der Waals surface area contributed by atoms with Crippen LogP contribution in [0.1, 0.15) is 39.0 Å². The number of hydrogen-bond acceptors (Lipinski definition) is 4. The highest BCUT2D eigenvalue weighted by atomic mass is 127. The van der Waals surface area contributed by atoms with Crippen molar-refractivity contribution in [2.45, 2.75) is 45.1 Å². The maximum absolute atomic E-state index is 12.7. The molecule has 1 aromatic rings. The van der Waals surface area contributed by atoms with E-state index >= 15 is 0 Å². The molecule has 1 amide bonds. The third-order valence-corrected chi connectivity index (χ3v) is 5.78. The number of carbonyl (C=O) groups excluding carboxylic acids is 1. The summed E-state index contributed by atoms with van der Waals surface area (Å²) < 4.78 is 1.73. The molecule has 0 bridgehead atoms. The molecule has 0 radical (unpaired) electrons. The maximum Gasteiger partial charge on any atom is 0.246 e. The van der Waals surface area contributed by atoms with E-state index in [4.69, 9.17) is 0 Å². The molecule has 0 aliphatic carbocycles. The highest BCUT2D eigenvalue weighted by Gasteiger charge is 2.28. The summed E-state index contributed by atoms with van der Waals surface area (Å²) in [5, 5.41) is 7.72. The summed E-state index contributed by atoms with van der Waals surface area (Å²) in [5.41, 5.74) is 0.865. The van der Waals surface area contributed by atoms with E-state index in [-0.39, 0.29) is 29.9 Å². The number of nitrogens with one attached hydrogen (secondary N) is 1. The number of amides is 1. The molecule has 9 heteroatoms. The molecule has 2 saturated heterocycles. The minimum Gasteiger partial charge on any atom is -0.355 e. The molecule has 3 heterocycles. The Bertz CT molecular complexity index is 678. The topological polar surface area (TPSA) is 69.0 Å². The number of aromatic nitrogens is 2. The van der Waals surface area contributed by atoms with E-state index in [1.165, 1.54) is 45.2 Å². The highest BCUT2D eigenvalue weighted by molar-refractivity contribution is 14.0. The van der Waals surface area contributed by atoms with Crippen molar-refractivity contribution in [3.8, 4) is 0 Å². The molecule has 2 aliphatic heterocycles. The lowest BCUT2D eigenvalue weighted by Gasteiger charge is -2.38. The van der Waals surface area contributed by atoms with Gasteiger partial charge < -0.3 is 15.1 Å².